The molecule has 0 aliphatic carbocycles. The second-order valence-electron chi connectivity index (χ2n) is 4.03. The summed E-state index contributed by atoms with van der Waals surface area (Å²) in [4.78, 5) is 3.96. The summed E-state index contributed by atoms with van der Waals surface area (Å²) in [6, 6.07) is 7.62. The number of nitrogens with one attached hydrogen (secondary N) is 1. The summed E-state index contributed by atoms with van der Waals surface area (Å²) in [5.41, 5.74) is 6.98. The molecular weight excluding hydrogens is 286 g/mol. The zero-order chi connectivity index (χ0) is 14.0. The number of halogens is 1. The molecule has 0 amide bonds. The lowest BCUT2D eigenvalue weighted by molar-refractivity contribution is 0.601. The molecule has 19 heavy (non-hydrogen) atoms. The molecule has 100 valence electrons. The first-order chi connectivity index (χ1) is 8.88. The zero-order valence-electron chi connectivity index (χ0n) is 10.1. The Bertz CT molecular complexity index is 717. The number of aromatic nitrogens is 1. The van der Waals surface area contributed by atoms with Gasteiger partial charge in [-0.25, -0.2) is 13.4 Å². The van der Waals surface area contributed by atoms with E-state index in [4.69, 9.17) is 17.3 Å². The van der Waals surface area contributed by atoms with E-state index < -0.39 is 10.0 Å². The van der Waals surface area contributed by atoms with Crippen LogP contribution in [0.3, 0.4) is 0 Å². The molecular formula is C12H12ClN3O2S. The number of hydrogen-bond donors (Lipinski definition) is 2. The van der Waals surface area contributed by atoms with E-state index in [1.54, 1.807) is 31.3 Å². The van der Waals surface area contributed by atoms with Crippen LogP contribution in [-0.2, 0) is 10.0 Å². The number of anilines is 2. The van der Waals surface area contributed by atoms with Crippen molar-refractivity contribution in [2.75, 3.05) is 10.5 Å². The van der Waals surface area contributed by atoms with Gasteiger partial charge in [0.25, 0.3) is 10.0 Å². The number of pyridine rings is 1. The molecule has 0 saturated heterocycles. The van der Waals surface area contributed by atoms with Crippen molar-refractivity contribution in [1.82, 2.24) is 4.98 Å². The number of nitrogens with two attached hydrogens (primary N) is 1. The molecule has 1 aromatic heterocycles. The first-order valence-corrected chi connectivity index (χ1v) is 7.25. The monoisotopic (exact) mass is 297 g/mol. The number of nitrogens with zero attached hydrogens (tertiary/aromatic N) is 1. The average molecular weight is 298 g/mol. The fourth-order valence-electron chi connectivity index (χ4n) is 1.51. The smallest absolute Gasteiger partial charge is 0.262 e. The van der Waals surface area contributed by atoms with Gasteiger partial charge in [-0.3, -0.25) is 4.72 Å². The Balaban J connectivity index is 2.39. The third-order valence-corrected chi connectivity index (χ3v) is 4.05. The minimum Gasteiger partial charge on any atom is -0.399 e. The Kier molecular flexibility index (Phi) is 3.64. The molecule has 2 rings (SSSR count). The van der Waals surface area contributed by atoms with Gasteiger partial charge in [0.1, 0.15) is 0 Å². The van der Waals surface area contributed by atoms with Crippen LogP contribution in [0, 0.1) is 6.92 Å². The topological polar surface area (TPSA) is 85.1 Å². The number of aryl methyl sites for hydroxylation is 1. The van der Waals surface area contributed by atoms with Gasteiger partial charge in [-0.05, 0) is 36.8 Å². The molecule has 0 saturated carbocycles. The van der Waals surface area contributed by atoms with Crippen molar-refractivity contribution in [3.63, 3.8) is 0 Å². The zero-order valence-corrected chi connectivity index (χ0v) is 11.7. The number of sulfonamides is 1. The molecule has 0 aliphatic heterocycles. The quantitative estimate of drug-likeness (QED) is 0.673. The summed E-state index contributed by atoms with van der Waals surface area (Å²) >= 11 is 5.86. The Morgan fingerprint density at radius 2 is 2.05 bits per heavy atom. The third kappa shape index (κ3) is 3.15. The summed E-state index contributed by atoms with van der Waals surface area (Å²) in [7, 11) is -3.73. The molecule has 3 N–H and O–H groups in total. The van der Waals surface area contributed by atoms with Crippen molar-refractivity contribution in [2.45, 2.75) is 11.8 Å². The van der Waals surface area contributed by atoms with Gasteiger partial charge in [0.2, 0.25) is 0 Å². The van der Waals surface area contributed by atoms with Gasteiger partial charge in [0.05, 0.1) is 10.6 Å². The Morgan fingerprint density at radius 3 is 2.74 bits per heavy atom. The summed E-state index contributed by atoms with van der Waals surface area (Å²) in [6.07, 6.45) is 1.56. The van der Waals surface area contributed by atoms with Gasteiger partial charge in [0, 0.05) is 11.9 Å². The maximum Gasteiger partial charge on any atom is 0.262 e. The Labute approximate surface area is 116 Å². The highest BCUT2D eigenvalue weighted by molar-refractivity contribution is 7.92. The third-order valence-electron chi connectivity index (χ3n) is 2.39. The van der Waals surface area contributed by atoms with Crippen molar-refractivity contribution >= 4 is 33.0 Å². The summed E-state index contributed by atoms with van der Waals surface area (Å²) < 4.78 is 26.7. The highest BCUT2D eigenvalue weighted by Gasteiger charge is 2.16. The molecule has 7 heteroatoms. The van der Waals surface area contributed by atoms with Gasteiger partial charge >= 0.3 is 0 Å². The number of rotatable bonds is 3. The van der Waals surface area contributed by atoms with Crippen LogP contribution in [-0.4, -0.2) is 13.4 Å². The van der Waals surface area contributed by atoms with Crippen molar-refractivity contribution in [3.8, 4) is 0 Å². The molecule has 1 aromatic carbocycles. The fraction of sp³-hybridized carbons (Fsp3) is 0.0833. The summed E-state index contributed by atoms with van der Waals surface area (Å²) in [5, 5.41) is 0.0954. The highest BCUT2D eigenvalue weighted by atomic mass is 35.5. The first-order valence-electron chi connectivity index (χ1n) is 5.39. The van der Waals surface area contributed by atoms with Crippen LogP contribution < -0.4 is 10.5 Å². The average Bonchev–Trinajstić information content (AvgIpc) is 2.33. The predicted molar refractivity (Wildman–Crippen MR) is 75.6 cm³/mol. The van der Waals surface area contributed by atoms with Crippen molar-refractivity contribution < 1.29 is 8.42 Å². The Morgan fingerprint density at radius 1 is 1.32 bits per heavy atom. The van der Waals surface area contributed by atoms with E-state index in [1.807, 2.05) is 0 Å². The highest BCUT2D eigenvalue weighted by Crippen LogP contribution is 2.24. The molecule has 5 nitrogen and oxygen atoms in total. The van der Waals surface area contributed by atoms with Gasteiger partial charge in [-0.2, -0.15) is 0 Å². The van der Waals surface area contributed by atoms with E-state index in [0.717, 1.165) is 5.56 Å². The molecule has 0 unspecified atom stereocenters. The van der Waals surface area contributed by atoms with Crippen molar-refractivity contribution in [1.29, 1.82) is 0 Å². The number of hydrogen-bond acceptors (Lipinski definition) is 4. The second-order valence-corrected chi connectivity index (χ2v) is 6.07. The maximum atomic E-state index is 12.2. The van der Waals surface area contributed by atoms with Crippen LogP contribution in [0.15, 0.2) is 41.4 Å². The van der Waals surface area contributed by atoms with E-state index in [-0.39, 0.29) is 15.7 Å². The second kappa shape index (κ2) is 5.07. The van der Waals surface area contributed by atoms with Gasteiger partial charge in [-0.15, -0.1) is 0 Å². The van der Waals surface area contributed by atoms with Crippen molar-refractivity contribution in [3.05, 3.63) is 47.2 Å². The van der Waals surface area contributed by atoms with Gasteiger partial charge < -0.3 is 5.73 Å². The number of nitrogen functional groups attached to an aromatic ring is 1. The fourth-order valence-corrected chi connectivity index (χ4v) is 2.83. The lowest BCUT2D eigenvalue weighted by atomic mass is 10.3. The van der Waals surface area contributed by atoms with Gasteiger partial charge in [-0.1, -0.05) is 17.7 Å². The molecule has 1 heterocycles. The SMILES string of the molecule is Cc1cnc(Cl)c(NS(=O)(=O)c2cccc(N)c2)c1. The van der Waals surface area contributed by atoms with E-state index in [2.05, 4.69) is 9.71 Å². The minimum atomic E-state index is -3.73. The Hall–Kier alpha value is -1.79. The van der Waals surface area contributed by atoms with E-state index in [1.165, 1.54) is 12.1 Å². The molecule has 2 aromatic rings. The van der Waals surface area contributed by atoms with Crippen LogP contribution in [0.25, 0.3) is 0 Å². The number of benzene rings is 1. The lowest BCUT2D eigenvalue weighted by Gasteiger charge is -2.10. The summed E-state index contributed by atoms with van der Waals surface area (Å²) in [5.74, 6) is 0. The largest absolute Gasteiger partial charge is 0.399 e. The standard InChI is InChI=1S/C12H12ClN3O2S/c1-8-5-11(12(13)15-7-8)16-19(17,18)10-4-2-3-9(14)6-10/h2-7,16H,14H2,1H3. The van der Waals surface area contributed by atoms with Crippen LogP contribution in [0.2, 0.25) is 5.15 Å². The molecule has 0 aliphatic rings. The molecule has 0 spiro atoms. The first kappa shape index (κ1) is 13.6. The minimum absolute atomic E-state index is 0.0741. The molecule has 0 fully saturated rings. The van der Waals surface area contributed by atoms with Crippen LogP contribution in [0.4, 0.5) is 11.4 Å². The van der Waals surface area contributed by atoms with E-state index in [9.17, 15) is 8.42 Å². The lowest BCUT2D eigenvalue weighted by Crippen LogP contribution is -2.14. The van der Waals surface area contributed by atoms with Crippen molar-refractivity contribution in [2.24, 2.45) is 0 Å². The van der Waals surface area contributed by atoms with Gasteiger partial charge in [0.15, 0.2) is 5.15 Å². The van der Waals surface area contributed by atoms with E-state index >= 15 is 0 Å². The van der Waals surface area contributed by atoms with Crippen LogP contribution >= 0.6 is 11.6 Å². The molecule has 0 radical (unpaired) electrons. The normalized spacial score (nSPS) is 11.3. The van der Waals surface area contributed by atoms with E-state index in [0.29, 0.717) is 5.69 Å². The summed E-state index contributed by atoms with van der Waals surface area (Å²) in [6.45, 7) is 1.79. The predicted octanol–water partition coefficient (Wildman–Crippen LogP) is 2.43. The molecule has 0 bridgehead atoms. The molecule has 0 atom stereocenters. The maximum absolute atomic E-state index is 12.2. The van der Waals surface area contributed by atoms with Crippen LogP contribution in [0.5, 0.6) is 0 Å². The van der Waals surface area contributed by atoms with Crippen LogP contribution in [0.1, 0.15) is 5.56 Å².